The fraction of sp³-hybridized carbons (Fsp3) is 0.667. The normalized spacial score (nSPS) is 23.1. The van der Waals surface area contributed by atoms with E-state index >= 15 is 0 Å². The smallest absolute Gasteiger partial charge is 0.342 e. The molecule has 0 aliphatic carbocycles. The first kappa shape index (κ1) is 12.1. The second-order valence-corrected chi connectivity index (χ2v) is 3.02. The standard InChI is InChI=1S/C9H14O6/c1-3-12-9(10)8-4-7(5-13-15-8)6(2)14-11/h4,6,8,11H,3,5H2,1-2H3. The van der Waals surface area contributed by atoms with Gasteiger partial charge in [-0.3, -0.25) is 5.26 Å². The summed E-state index contributed by atoms with van der Waals surface area (Å²) in [6, 6.07) is 0. The van der Waals surface area contributed by atoms with E-state index in [1.54, 1.807) is 13.8 Å². The van der Waals surface area contributed by atoms with E-state index in [4.69, 9.17) is 19.8 Å². The van der Waals surface area contributed by atoms with E-state index in [0.29, 0.717) is 5.57 Å². The maximum Gasteiger partial charge on any atom is 0.342 e. The first-order valence-electron chi connectivity index (χ1n) is 4.64. The number of hydrogen-bond donors (Lipinski definition) is 1. The Morgan fingerprint density at radius 3 is 3.13 bits per heavy atom. The minimum absolute atomic E-state index is 0.150. The molecule has 0 saturated heterocycles. The number of hydrogen-bond acceptors (Lipinski definition) is 6. The van der Waals surface area contributed by atoms with Gasteiger partial charge >= 0.3 is 5.97 Å². The number of carbonyl (C=O) groups is 1. The Labute approximate surface area is 87.2 Å². The lowest BCUT2D eigenvalue weighted by molar-refractivity contribution is -0.320. The zero-order valence-electron chi connectivity index (χ0n) is 8.63. The molecular weight excluding hydrogens is 204 g/mol. The molecule has 0 bridgehead atoms. The third-order valence-corrected chi connectivity index (χ3v) is 1.96. The van der Waals surface area contributed by atoms with E-state index in [9.17, 15) is 4.79 Å². The van der Waals surface area contributed by atoms with Crippen LogP contribution in [0.5, 0.6) is 0 Å². The average molecular weight is 218 g/mol. The van der Waals surface area contributed by atoms with Gasteiger partial charge in [0.05, 0.1) is 6.61 Å². The van der Waals surface area contributed by atoms with Gasteiger partial charge in [-0.2, -0.15) is 0 Å². The summed E-state index contributed by atoms with van der Waals surface area (Å²) in [5, 5.41) is 8.46. The molecule has 0 aromatic carbocycles. The van der Waals surface area contributed by atoms with Crippen molar-refractivity contribution in [2.75, 3.05) is 13.2 Å². The summed E-state index contributed by atoms with van der Waals surface area (Å²) < 4.78 is 4.75. The molecule has 2 atom stereocenters. The van der Waals surface area contributed by atoms with Crippen LogP contribution >= 0.6 is 0 Å². The summed E-state index contributed by atoms with van der Waals surface area (Å²) in [6.45, 7) is 3.75. The molecule has 86 valence electrons. The Morgan fingerprint density at radius 1 is 1.80 bits per heavy atom. The molecule has 1 N–H and O–H groups in total. The van der Waals surface area contributed by atoms with Crippen molar-refractivity contribution in [1.29, 1.82) is 0 Å². The monoisotopic (exact) mass is 218 g/mol. The summed E-state index contributed by atoms with van der Waals surface area (Å²) in [5.74, 6) is -0.528. The quantitative estimate of drug-likeness (QED) is 0.324. The number of rotatable bonds is 4. The van der Waals surface area contributed by atoms with Gasteiger partial charge in [-0.25, -0.2) is 19.5 Å². The SMILES string of the molecule is CCOC(=O)C1C=C(C(C)OO)COO1. The van der Waals surface area contributed by atoms with Crippen LogP contribution in [-0.2, 0) is 24.2 Å². The van der Waals surface area contributed by atoms with Gasteiger partial charge in [0.15, 0.2) is 0 Å². The highest BCUT2D eigenvalue weighted by Gasteiger charge is 2.26. The molecule has 0 saturated carbocycles. The Morgan fingerprint density at radius 2 is 2.53 bits per heavy atom. The Hall–Kier alpha value is -0.950. The molecule has 0 amide bonds. The van der Waals surface area contributed by atoms with Gasteiger partial charge in [0.2, 0.25) is 6.10 Å². The maximum atomic E-state index is 11.3. The third-order valence-electron chi connectivity index (χ3n) is 1.96. The van der Waals surface area contributed by atoms with Crippen LogP contribution in [-0.4, -0.2) is 36.6 Å². The highest BCUT2D eigenvalue weighted by molar-refractivity contribution is 5.77. The van der Waals surface area contributed by atoms with Gasteiger partial charge < -0.3 is 4.74 Å². The second-order valence-electron chi connectivity index (χ2n) is 3.02. The van der Waals surface area contributed by atoms with E-state index in [-0.39, 0.29) is 13.2 Å². The first-order valence-corrected chi connectivity index (χ1v) is 4.64. The lowest BCUT2D eigenvalue weighted by Crippen LogP contribution is -2.31. The van der Waals surface area contributed by atoms with Crippen LogP contribution in [0.3, 0.4) is 0 Å². The number of ether oxygens (including phenoxy) is 1. The van der Waals surface area contributed by atoms with Crippen LogP contribution < -0.4 is 0 Å². The minimum atomic E-state index is -0.897. The van der Waals surface area contributed by atoms with E-state index < -0.39 is 18.2 Å². The molecule has 6 heteroatoms. The molecule has 2 unspecified atom stereocenters. The van der Waals surface area contributed by atoms with Crippen LogP contribution in [0.15, 0.2) is 11.6 Å². The van der Waals surface area contributed by atoms with Gasteiger partial charge in [0.25, 0.3) is 0 Å². The molecule has 15 heavy (non-hydrogen) atoms. The van der Waals surface area contributed by atoms with Crippen LogP contribution in [0.2, 0.25) is 0 Å². The van der Waals surface area contributed by atoms with Gasteiger partial charge in [-0.05, 0) is 25.5 Å². The number of carbonyl (C=O) groups excluding carboxylic acids is 1. The Kier molecular flexibility index (Phi) is 4.70. The predicted molar refractivity (Wildman–Crippen MR) is 48.7 cm³/mol. The molecule has 6 nitrogen and oxygen atoms in total. The molecular formula is C9H14O6. The molecule has 0 aromatic rings. The van der Waals surface area contributed by atoms with Crippen molar-refractivity contribution in [1.82, 2.24) is 0 Å². The largest absolute Gasteiger partial charge is 0.464 e. The predicted octanol–water partition coefficient (Wildman–Crippen LogP) is 0.684. The summed E-state index contributed by atoms with van der Waals surface area (Å²) in [5.41, 5.74) is 0.627. The van der Waals surface area contributed by atoms with Gasteiger partial charge in [0, 0.05) is 0 Å². The topological polar surface area (TPSA) is 74.2 Å². The second kappa shape index (κ2) is 5.82. The molecule has 0 spiro atoms. The Balaban J connectivity index is 2.63. The van der Waals surface area contributed by atoms with Crippen molar-refractivity contribution >= 4 is 5.97 Å². The van der Waals surface area contributed by atoms with E-state index in [0.717, 1.165) is 0 Å². The molecule has 0 radical (unpaired) electrons. The van der Waals surface area contributed by atoms with Crippen molar-refractivity contribution in [2.45, 2.75) is 26.1 Å². The fourth-order valence-corrected chi connectivity index (χ4v) is 1.10. The van der Waals surface area contributed by atoms with E-state index in [1.165, 1.54) is 6.08 Å². The first-order chi connectivity index (χ1) is 7.19. The summed E-state index contributed by atoms with van der Waals surface area (Å²) in [7, 11) is 0. The maximum absolute atomic E-state index is 11.3. The van der Waals surface area contributed by atoms with Crippen LogP contribution in [0.25, 0.3) is 0 Å². The molecule has 1 aliphatic rings. The Bertz CT molecular complexity index is 249. The average Bonchev–Trinajstić information content (AvgIpc) is 2.28. The van der Waals surface area contributed by atoms with Crippen LogP contribution in [0.4, 0.5) is 0 Å². The van der Waals surface area contributed by atoms with Gasteiger partial charge in [-0.1, -0.05) is 0 Å². The van der Waals surface area contributed by atoms with Crippen molar-refractivity contribution in [3.05, 3.63) is 11.6 Å². The summed E-state index contributed by atoms with van der Waals surface area (Å²) in [4.78, 5) is 24.9. The van der Waals surface area contributed by atoms with E-state index in [2.05, 4.69) is 4.89 Å². The molecule has 1 rings (SSSR count). The summed E-state index contributed by atoms with van der Waals surface area (Å²) in [6.07, 6.45) is 0.0830. The highest BCUT2D eigenvalue weighted by atomic mass is 17.2. The summed E-state index contributed by atoms with van der Waals surface area (Å²) >= 11 is 0. The van der Waals surface area contributed by atoms with Crippen molar-refractivity contribution in [3.63, 3.8) is 0 Å². The van der Waals surface area contributed by atoms with E-state index in [1.807, 2.05) is 0 Å². The fourth-order valence-electron chi connectivity index (χ4n) is 1.10. The zero-order valence-corrected chi connectivity index (χ0v) is 8.63. The molecule has 1 aliphatic heterocycles. The third kappa shape index (κ3) is 3.28. The highest BCUT2D eigenvalue weighted by Crippen LogP contribution is 2.15. The van der Waals surface area contributed by atoms with Crippen LogP contribution in [0, 0.1) is 0 Å². The minimum Gasteiger partial charge on any atom is -0.464 e. The zero-order chi connectivity index (χ0) is 11.3. The van der Waals surface area contributed by atoms with Gasteiger partial charge in [-0.15, -0.1) is 0 Å². The molecule has 1 heterocycles. The molecule has 0 aromatic heterocycles. The lowest BCUT2D eigenvalue weighted by Gasteiger charge is -2.21. The van der Waals surface area contributed by atoms with Gasteiger partial charge in [0.1, 0.15) is 12.7 Å². The van der Waals surface area contributed by atoms with Crippen molar-refractivity contribution < 1.29 is 29.5 Å². The number of esters is 1. The van der Waals surface area contributed by atoms with Crippen LogP contribution in [0.1, 0.15) is 13.8 Å². The van der Waals surface area contributed by atoms with Crippen molar-refractivity contribution in [3.8, 4) is 0 Å². The lowest BCUT2D eigenvalue weighted by atomic mass is 10.1. The molecule has 0 fully saturated rings. The van der Waals surface area contributed by atoms with Crippen molar-refractivity contribution in [2.24, 2.45) is 0 Å².